The van der Waals surface area contributed by atoms with Crippen molar-refractivity contribution in [1.29, 1.82) is 0 Å². The first-order chi connectivity index (χ1) is 10.1. The van der Waals surface area contributed by atoms with Gasteiger partial charge in [0.15, 0.2) is 0 Å². The molecule has 0 spiro atoms. The topological polar surface area (TPSA) is 76.7 Å². The van der Waals surface area contributed by atoms with Crippen LogP contribution < -0.4 is 11.1 Å². The van der Waals surface area contributed by atoms with Crippen LogP contribution in [0.1, 0.15) is 32.6 Å². The van der Waals surface area contributed by atoms with Crippen LogP contribution in [0, 0.1) is 11.3 Å². The van der Waals surface area contributed by atoms with Crippen molar-refractivity contribution in [2.75, 3.05) is 26.7 Å². The van der Waals surface area contributed by atoms with Gasteiger partial charge < -0.3 is 15.8 Å². The number of primary amides is 1. The number of carbonyl (C=O) groups is 1. The van der Waals surface area contributed by atoms with E-state index >= 15 is 0 Å². The van der Waals surface area contributed by atoms with E-state index in [4.69, 9.17) is 10.5 Å². The Hall–Kier alpha value is -1.20. The van der Waals surface area contributed by atoms with Gasteiger partial charge in [-0.05, 0) is 44.7 Å². The molecule has 21 heavy (non-hydrogen) atoms. The normalized spacial score (nSPS) is 21.0. The molecule has 1 heterocycles. The molecule has 5 nitrogen and oxygen atoms in total. The molecule has 1 fully saturated rings. The summed E-state index contributed by atoms with van der Waals surface area (Å²) in [5.41, 5.74) is 5.32. The lowest BCUT2D eigenvalue weighted by Crippen LogP contribution is -2.46. The predicted octanol–water partition coefficient (Wildman–Crippen LogP) is 1.53. The zero-order valence-electron chi connectivity index (χ0n) is 13.3. The van der Waals surface area contributed by atoms with Gasteiger partial charge in [0.2, 0.25) is 5.91 Å². The fraction of sp³-hybridized carbons (Fsp3) is 0.750. The summed E-state index contributed by atoms with van der Waals surface area (Å²) < 4.78 is 5.52. The van der Waals surface area contributed by atoms with Crippen molar-refractivity contribution in [3.63, 3.8) is 0 Å². The summed E-state index contributed by atoms with van der Waals surface area (Å²) in [6.45, 7) is 8.11. The minimum Gasteiger partial charge on any atom is -0.379 e. The maximum Gasteiger partial charge on any atom is 0.223 e. The highest BCUT2D eigenvalue weighted by atomic mass is 16.5. The number of piperidine rings is 1. The van der Waals surface area contributed by atoms with Gasteiger partial charge >= 0.3 is 0 Å². The van der Waals surface area contributed by atoms with E-state index in [1.165, 1.54) is 0 Å². The third-order valence-electron chi connectivity index (χ3n) is 4.60. The first kappa shape index (κ1) is 17.9. The van der Waals surface area contributed by atoms with Crippen molar-refractivity contribution in [1.82, 2.24) is 5.32 Å². The number of methoxy groups -OCH3 is 1. The highest BCUT2D eigenvalue weighted by molar-refractivity contribution is 5.80. The minimum absolute atomic E-state index is 0.0628. The maximum absolute atomic E-state index is 11.9. The van der Waals surface area contributed by atoms with Gasteiger partial charge in [0.1, 0.15) is 0 Å². The van der Waals surface area contributed by atoms with Crippen LogP contribution >= 0.6 is 0 Å². The highest BCUT2D eigenvalue weighted by Gasteiger charge is 2.38. The summed E-state index contributed by atoms with van der Waals surface area (Å²) in [5.74, 6) is 0.179. The average Bonchev–Trinajstić information content (AvgIpc) is 2.50. The van der Waals surface area contributed by atoms with Crippen LogP contribution in [-0.2, 0) is 9.53 Å². The third-order valence-corrected chi connectivity index (χ3v) is 4.60. The van der Waals surface area contributed by atoms with Crippen LogP contribution in [0.3, 0.4) is 0 Å². The highest BCUT2D eigenvalue weighted by Crippen LogP contribution is 2.35. The average molecular weight is 295 g/mol. The van der Waals surface area contributed by atoms with Crippen LogP contribution in [0.2, 0.25) is 0 Å². The second-order valence-electron chi connectivity index (χ2n) is 5.93. The van der Waals surface area contributed by atoms with E-state index in [1.54, 1.807) is 19.4 Å². The molecule has 120 valence electrons. The summed E-state index contributed by atoms with van der Waals surface area (Å²) in [6, 6.07) is 0. The Balaban J connectivity index is 2.55. The molecular weight excluding hydrogens is 266 g/mol. The molecule has 0 radical (unpaired) electrons. The molecule has 0 aliphatic carbocycles. The van der Waals surface area contributed by atoms with Crippen LogP contribution in [0.4, 0.5) is 0 Å². The number of rotatable bonds is 9. The second-order valence-corrected chi connectivity index (χ2v) is 5.93. The number of nitrogens with one attached hydrogen (secondary N) is 1. The standard InChI is InChI=1S/C16H29N3O2/c1-4-9-19-12-14(21-3)13(2)5-6-16(15(17)20)7-10-18-11-8-16/h4,9,13-14,18H,1,5-8,10-12H2,2-3H3,(H2,17,20)/t13-,14?/m0/s1. The van der Waals surface area contributed by atoms with E-state index in [0.717, 1.165) is 38.8 Å². The van der Waals surface area contributed by atoms with Gasteiger partial charge in [-0.2, -0.15) is 0 Å². The molecule has 1 rings (SSSR count). The van der Waals surface area contributed by atoms with Gasteiger partial charge in [0, 0.05) is 13.3 Å². The molecule has 1 aliphatic rings. The number of nitrogens with zero attached hydrogens (tertiary/aromatic N) is 1. The Kier molecular flexibility index (Phi) is 7.61. The molecular formula is C16H29N3O2. The van der Waals surface area contributed by atoms with Gasteiger partial charge in [-0.15, -0.1) is 0 Å². The number of nitrogens with two attached hydrogens (primary N) is 1. The molecule has 0 aromatic rings. The van der Waals surface area contributed by atoms with Gasteiger partial charge in [-0.1, -0.05) is 19.6 Å². The second kappa shape index (κ2) is 8.95. The molecule has 5 heteroatoms. The van der Waals surface area contributed by atoms with Crippen molar-refractivity contribution in [2.45, 2.75) is 38.7 Å². The van der Waals surface area contributed by atoms with Gasteiger partial charge in [-0.25, -0.2) is 0 Å². The smallest absolute Gasteiger partial charge is 0.223 e. The first-order valence-electron chi connectivity index (χ1n) is 7.70. The molecule has 1 aliphatic heterocycles. The lowest BCUT2D eigenvalue weighted by Gasteiger charge is -2.36. The molecule has 2 atom stereocenters. The van der Waals surface area contributed by atoms with Gasteiger partial charge in [0.05, 0.1) is 18.1 Å². The lowest BCUT2D eigenvalue weighted by atomic mass is 9.73. The fourth-order valence-electron chi connectivity index (χ4n) is 2.94. The first-order valence-corrected chi connectivity index (χ1v) is 7.70. The molecule has 1 amide bonds. The number of allylic oxidation sites excluding steroid dienone is 1. The molecule has 0 bridgehead atoms. The number of hydrogen-bond acceptors (Lipinski definition) is 4. The van der Waals surface area contributed by atoms with E-state index in [9.17, 15) is 4.79 Å². The molecule has 0 aromatic heterocycles. The van der Waals surface area contributed by atoms with E-state index in [-0.39, 0.29) is 17.4 Å². The van der Waals surface area contributed by atoms with Crippen LogP contribution in [0.15, 0.2) is 17.6 Å². The summed E-state index contributed by atoms with van der Waals surface area (Å²) in [7, 11) is 1.71. The summed E-state index contributed by atoms with van der Waals surface area (Å²) >= 11 is 0. The molecule has 1 saturated heterocycles. The van der Waals surface area contributed by atoms with E-state index in [2.05, 4.69) is 23.8 Å². The molecule has 3 N–H and O–H groups in total. The number of amides is 1. The van der Waals surface area contributed by atoms with E-state index in [1.807, 2.05) is 0 Å². The maximum atomic E-state index is 11.9. The molecule has 0 aromatic carbocycles. The summed E-state index contributed by atoms with van der Waals surface area (Å²) in [5, 5.41) is 3.29. The van der Waals surface area contributed by atoms with Crippen LogP contribution in [-0.4, -0.2) is 45.0 Å². The van der Waals surface area contributed by atoms with Crippen molar-refractivity contribution >= 4 is 12.1 Å². The zero-order chi connectivity index (χ0) is 15.7. The summed E-state index contributed by atoms with van der Waals surface area (Å²) in [4.78, 5) is 16.1. The number of ether oxygens (including phenoxy) is 1. The zero-order valence-corrected chi connectivity index (χ0v) is 13.3. The Morgan fingerprint density at radius 3 is 2.71 bits per heavy atom. The fourth-order valence-corrected chi connectivity index (χ4v) is 2.94. The molecule has 1 unspecified atom stereocenters. The van der Waals surface area contributed by atoms with Crippen molar-refractivity contribution in [2.24, 2.45) is 22.1 Å². The van der Waals surface area contributed by atoms with E-state index in [0.29, 0.717) is 12.5 Å². The lowest BCUT2D eigenvalue weighted by molar-refractivity contribution is -0.130. The minimum atomic E-state index is -0.345. The van der Waals surface area contributed by atoms with Gasteiger partial charge in [0.25, 0.3) is 0 Å². The molecule has 0 saturated carbocycles. The van der Waals surface area contributed by atoms with Crippen LogP contribution in [0.5, 0.6) is 0 Å². The number of aliphatic imine (C=N–C) groups is 1. The van der Waals surface area contributed by atoms with Crippen molar-refractivity contribution in [3.8, 4) is 0 Å². The Labute approximate surface area is 128 Å². The monoisotopic (exact) mass is 295 g/mol. The summed E-state index contributed by atoms with van der Waals surface area (Å²) in [6.07, 6.45) is 6.84. The SMILES string of the molecule is C=CC=NCC(OC)[C@@H](C)CCC1(C(N)=O)CCNCC1. The Morgan fingerprint density at radius 1 is 1.52 bits per heavy atom. The quantitative estimate of drug-likeness (QED) is 0.633. The predicted molar refractivity (Wildman–Crippen MR) is 86.5 cm³/mol. The third kappa shape index (κ3) is 5.25. The van der Waals surface area contributed by atoms with Gasteiger partial charge in [-0.3, -0.25) is 9.79 Å². The number of carbonyl (C=O) groups excluding carboxylic acids is 1. The van der Waals surface area contributed by atoms with Crippen molar-refractivity contribution < 1.29 is 9.53 Å². The number of hydrogen-bond donors (Lipinski definition) is 2. The Morgan fingerprint density at radius 2 is 2.19 bits per heavy atom. The Bertz CT molecular complexity index is 363. The van der Waals surface area contributed by atoms with E-state index < -0.39 is 0 Å². The van der Waals surface area contributed by atoms with Crippen LogP contribution in [0.25, 0.3) is 0 Å². The van der Waals surface area contributed by atoms with Crippen molar-refractivity contribution in [3.05, 3.63) is 12.7 Å². The largest absolute Gasteiger partial charge is 0.379 e.